The monoisotopic (exact) mass is 341 g/mol. The molecule has 0 fully saturated rings. The van der Waals surface area contributed by atoms with Crippen LogP contribution in [-0.4, -0.2) is 20.7 Å². The third-order valence-corrected chi connectivity index (χ3v) is 6.78. The van der Waals surface area contributed by atoms with Gasteiger partial charge in [-0.15, -0.1) is 0 Å². The fourth-order valence-electron chi connectivity index (χ4n) is 3.74. The summed E-state index contributed by atoms with van der Waals surface area (Å²) in [5.74, 6) is 0.00843. The van der Waals surface area contributed by atoms with Gasteiger partial charge in [-0.2, -0.15) is 0 Å². The second-order valence-electron chi connectivity index (χ2n) is 6.51. The van der Waals surface area contributed by atoms with Gasteiger partial charge in [0.1, 0.15) is 0 Å². The van der Waals surface area contributed by atoms with E-state index in [9.17, 15) is 13.2 Å². The number of fused-ring (bicyclic) bond motifs is 2. The van der Waals surface area contributed by atoms with Gasteiger partial charge in [-0.05, 0) is 61.1 Å². The van der Waals surface area contributed by atoms with Crippen molar-refractivity contribution in [1.29, 1.82) is 0 Å². The highest BCUT2D eigenvalue weighted by Crippen LogP contribution is 2.35. The Morgan fingerprint density at radius 2 is 1.79 bits per heavy atom. The van der Waals surface area contributed by atoms with Gasteiger partial charge < -0.3 is 0 Å². The first-order valence-corrected chi connectivity index (χ1v) is 9.70. The van der Waals surface area contributed by atoms with Crippen LogP contribution < -0.4 is 4.31 Å². The Balaban J connectivity index is 1.84. The van der Waals surface area contributed by atoms with Crippen LogP contribution in [0, 0.1) is 6.92 Å². The van der Waals surface area contributed by atoms with Crippen LogP contribution in [0.15, 0.2) is 41.3 Å². The number of hydrogen-bond acceptors (Lipinski definition) is 3. The summed E-state index contributed by atoms with van der Waals surface area (Å²) in [6.45, 7) is 2.05. The lowest BCUT2D eigenvalue weighted by Gasteiger charge is -2.31. The van der Waals surface area contributed by atoms with Crippen molar-refractivity contribution < 1.29 is 13.2 Å². The number of Topliss-reactive ketones (excluding diaryl/α,β-unsaturated/α-hetero) is 1. The maximum absolute atomic E-state index is 13.2. The lowest BCUT2D eigenvalue weighted by Crippen LogP contribution is -2.38. The largest absolute Gasteiger partial charge is 0.294 e. The average molecular weight is 341 g/mol. The van der Waals surface area contributed by atoms with Crippen LogP contribution in [0.1, 0.15) is 39.9 Å². The van der Waals surface area contributed by atoms with Crippen molar-refractivity contribution in [3.63, 3.8) is 0 Å². The molecule has 2 aliphatic rings. The average Bonchev–Trinajstić information content (AvgIpc) is 3.03. The van der Waals surface area contributed by atoms with Gasteiger partial charge in [-0.1, -0.05) is 18.2 Å². The Morgan fingerprint density at radius 1 is 1.00 bits per heavy atom. The SMILES string of the molecule is Cc1cccc2c1N(S(=O)(=O)c1ccc3c(c1)CCC3)CCC2=O. The summed E-state index contributed by atoms with van der Waals surface area (Å²) in [6.07, 6.45) is 3.27. The van der Waals surface area contributed by atoms with Gasteiger partial charge in [0, 0.05) is 18.5 Å². The molecule has 4 nitrogen and oxygen atoms in total. The second kappa shape index (κ2) is 5.45. The first-order chi connectivity index (χ1) is 11.5. The van der Waals surface area contributed by atoms with Gasteiger partial charge in [0.2, 0.25) is 0 Å². The molecule has 0 aromatic heterocycles. The Morgan fingerprint density at radius 3 is 2.62 bits per heavy atom. The first kappa shape index (κ1) is 15.4. The highest BCUT2D eigenvalue weighted by molar-refractivity contribution is 7.92. The normalized spacial score (nSPS) is 16.9. The minimum atomic E-state index is -3.66. The Hall–Kier alpha value is -2.14. The smallest absolute Gasteiger partial charge is 0.264 e. The van der Waals surface area contributed by atoms with Crippen molar-refractivity contribution in [3.8, 4) is 0 Å². The van der Waals surface area contributed by atoms with Gasteiger partial charge in [-0.3, -0.25) is 9.10 Å². The summed E-state index contributed by atoms with van der Waals surface area (Å²) in [5, 5.41) is 0. The molecule has 2 aromatic rings. The molecule has 0 saturated heterocycles. The van der Waals surface area contributed by atoms with E-state index in [0.29, 0.717) is 16.1 Å². The molecule has 1 heterocycles. The summed E-state index contributed by atoms with van der Waals surface area (Å²) in [6, 6.07) is 10.8. The summed E-state index contributed by atoms with van der Waals surface area (Å²) >= 11 is 0. The molecule has 5 heteroatoms. The van der Waals surface area contributed by atoms with Gasteiger partial charge >= 0.3 is 0 Å². The van der Waals surface area contributed by atoms with Crippen molar-refractivity contribution in [1.82, 2.24) is 0 Å². The Labute approximate surface area is 142 Å². The van der Waals surface area contributed by atoms with E-state index in [1.165, 1.54) is 9.87 Å². The van der Waals surface area contributed by atoms with Crippen LogP contribution in [-0.2, 0) is 22.9 Å². The zero-order valence-electron chi connectivity index (χ0n) is 13.6. The molecule has 0 amide bonds. The standard InChI is InChI=1S/C19H19NO3S/c1-13-4-2-7-17-18(21)10-11-20(19(13)17)24(22,23)16-9-8-14-5-3-6-15(14)12-16/h2,4,7-9,12H,3,5-6,10-11H2,1H3. The third-order valence-electron chi connectivity index (χ3n) is 4.99. The quantitative estimate of drug-likeness (QED) is 0.842. The molecule has 0 N–H and O–H groups in total. The Bertz CT molecular complexity index is 947. The topological polar surface area (TPSA) is 54.5 Å². The van der Waals surface area contributed by atoms with Gasteiger partial charge in [0.05, 0.1) is 10.6 Å². The number of anilines is 1. The van der Waals surface area contributed by atoms with E-state index < -0.39 is 10.0 Å². The van der Waals surface area contributed by atoms with E-state index in [4.69, 9.17) is 0 Å². The zero-order chi connectivity index (χ0) is 16.9. The van der Waals surface area contributed by atoms with Gasteiger partial charge in [0.15, 0.2) is 5.78 Å². The molecular formula is C19H19NO3S. The van der Waals surface area contributed by atoms with Crippen LogP contribution >= 0.6 is 0 Å². The lowest BCUT2D eigenvalue weighted by molar-refractivity contribution is 0.0982. The molecule has 24 heavy (non-hydrogen) atoms. The van der Waals surface area contributed by atoms with Crippen molar-refractivity contribution in [3.05, 3.63) is 58.7 Å². The highest BCUT2D eigenvalue weighted by atomic mass is 32.2. The van der Waals surface area contributed by atoms with Gasteiger partial charge in [0.25, 0.3) is 10.0 Å². The first-order valence-electron chi connectivity index (χ1n) is 8.26. The van der Waals surface area contributed by atoms with Crippen molar-refractivity contribution >= 4 is 21.5 Å². The van der Waals surface area contributed by atoms with E-state index in [-0.39, 0.29) is 18.7 Å². The van der Waals surface area contributed by atoms with Crippen LogP contribution in [0.5, 0.6) is 0 Å². The number of ketones is 1. The molecule has 2 aromatic carbocycles. The number of benzene rings is 2. The number of nitrogens with zero attached hydrogens (tertiary/aromatic N) is 1. The van der Waals surface area contributed by atoms with E-state index in [1.807, 2.05) is 25.1 Å². The van der Waals surface area contributed by atoms with Crippen LogP contribution in [0.4, 0.5) is 5.69 Å². The fraction of sp³-hybridized carbons (Fsp3) is 0.316. The number of hydrogen-bond donors (Lipinski definition) is 0. The summed E-state index contributed by atoms with van der Waals surface area (Å²) in [5.41, 5.74) is 4.24. The number of aryl methyl sites for hydroxylation is 3. The molecule has 124 valence electrons. The molecule has 0 unspecified atom stereocenters. The van der Waals surface area contributed by atoms with E-state index >= 15 is 0 Å². The molecule has 0 saturated carbocycles. The third kappa shape index (κ3) is 2.26. The summed E-state index contributed by atoms with van der Waals surface area (Å²) in [4.78, 5) is 12.5. The molecule has 1 aliphatic carbocycles. The molecule has 0 radical (unpaired) electrons. The summed E-state index contributed by atoms with van der Waals surface area (Å²) in [7, 11) is -3.66. The molecule has 0 spiro atoms. The Kier molecular flexibility index (Phi) is 3.49. The minimum Gasteiger partial charge on any atom is -0.294 e. The number of rotatable bonds is 2. The highest BCUT2D eigenvalue weighted by Gasteiger charge is 2.33. The summed E-state index contributed by atoms with van der Waals surface area (Å²) < 4.78 is 27.9. The minimum absolute atomic E-state index is 0.00843. The van der Waals surface area contributed by atoms with Crippen LogP contribution in [0.2, 0.25) is 0 Å². The zero-order valence-corrected chi connectivity index (χ0v) is 14.4. The maximum Gasteiger partial charge on any atom is 0.264 e. The van der Waals surface area contributed by atoms with Crippen molar-refractivity contribution in [2.45, 2.75) is 37.5 Å². The molecule has 4 rings (SSSR count). The fourth-order valence-corrected chi connectivity index (χ4v) is 5.34. The number of sulfonamides is 1. The van der Waals surface area contributed by atoms with Gasteiger partial charge in [-0.25, -0.2) is 8.42 Å². The second-order valence-corrected chi connectivity index (χ2v) is 8.37. The van der Waals surface area contributed by atoms with Crippen LogP contribution in [0.3, 0.4) is 0 Å². The van der Waals surface area contributed by atoms with E-state index in [2.05, 4.69) is 0 Å². The molecule has 0 atom stereocenters. The molecule has 0 bridgehead atoms. The predicted octanol–water partition coefficient (Wildman–Crippen LogP) is 3.27. The maximum atomic E-state index is 13.2. The van der Waals surface area contributed by atoms with Crippen molar-refractivity contribution in [2.75, 3.05) is 10.8 Å². The van der Waals surface area contributed by atoms with E-state index in [1.54, 1.807) is 18.2 Å². The molecular weight excluding hydrogens is 322 g/mol. The number of carbonyl (C=O) groups is 1. The van der Waals surface area contributed by atoms with Crippen molar-refractivity contribution in [2.24, 2.45) is 0 Å². The lowest BCUT2D eigenvalue weighted by atomic mass is 9.99. The predicted molar refractivity (Wildman–Crippen MR) is 93.1 cm³/mol. The number of para-hydroxylation sites is 1. The molecule has 1 aliphatic heterocycles. The van der Waals surface area contributed by atoms with Crippen LogP contribution in [0.25, 0.3) is 0 Å². The van der Waals surface area contributed by atoms with E-state index in [0.717, 1.165) is 30.4 Å². The number of carbonyl (C=O) groups excluding carboxylic acids is 1.